The lowest BCUT2D eigenvalue weighted by Crippen LogP contribution is -2.00. The summed E-state index contributed by atoms with van der Waals surface area (Å²) in [6.07, 6.45) is 0. The van der Waals surface area contributed by atoms with Gasteiger partial charge >= 0.3 is 0 Å². The first-order chi connectivity index (χ1) is 5.22. The van der Waals surface area contributed by atoms with E-state index >= 15 is 0 Å². The van der Waals surface area contributed by atoms with Gasteiger partial charge in [-0.3, -0.25) is 0 Å². The van der Waals surface area contributed by atoms with Gasteiger partial charge in [0, 0.05) is 4.90 Å². The van der Waals surface area contributed by atoms with Crippen LogP contribution < -0.4 is 0 Å². The van der Waals surface area contributed by atoms with Crippen LogP contribution in [0.5, 0.6) is 0 Å². The average Bonchev–Trinajstić information content (AvgIpc) is 2.05. The fourth-order valence-corrected chi connectivity index (χ4v) is 1.60. The third kappa shape index (κ3) is 2.27. The maximum absolute atomic E-state index is 12.2. The standard InChI is InChI=1S/C7H6ClFOS/c8-7(9)11(10)6-4-2-1-3-5-6/h1-5,7H. The zero-order valence-corrected chi connectivity index (χ0v) is 7.11. The number of alkyl halides is 2. The van der Waals surface area contributed by atoms with Crippen molar-refractivity contribution in [1.82, 2.24) is 0 Å². The molecule has 0 radical (unpaired) electrons. The topological polar surface area (TPSA) is 17.1 Å². The molecule has 0 saturated carbocycles. The van der Waals surface area contributed by atoms with Crippen LogP contribution in [0.2, 0.25) is 0 Å². The monoisotopic (exact) mass is 192 g/mol. The van der Waals surface area contributed by atoms with Gasteiger partial charge in [-0.05, 0) is 12.1 Å². The zero-order chi connectivity index (χ0) is 8.27. The van der Waals surface area contributed by atoms with Crippen LogP contribution in [0.4, 0.5) is 4.39 Å². The summed E-state index contributed by atoms with van der Waals surface area (Å²) in [6.45, 7) is 0. The smallest absolute Gasteiger partial charge is 0.250 e. The summed E-state index contributed by atoms with van der Waals surface area (Å²) in [5.74, 6) is 0. The number of hydrogen-bond acceptors (Lipinski definition) is 1. The highest BCUT2D eigenvalue weighted by Crippen LogP contribution is 2.13. The SMILES string of the molecule is O=S(c1ccccc1)C(F)Cl. The molecule has 0 N–H and O–H groups in total. The van der Waals surface area contributed by atoms with Crippen LogP contribution in [0.15, 0.2) is 35.2 Å². The van der Waals surface area contributed by atoms with Crippen molar-refractivity contribution in [3.8, 4) is 0 Å². The predicted octanol–water partition coefficient (Wildman–Crippen LogP) is 2.29. The van der Waals surface area contributed by atoms with Crippen LogP contribution in [0, 0.1) is 0 Å². The lowest BCUT2D eigenvalue weighted by atomic mass is 10.4. The van der Waals surface area contributed by atoms with Gasteiger partial charge in [0.25, 0.3) is 4.96 Å². The highest BCUT2D eigenvalue weighted by atomic mass is 35.5. The van der Waals surface area contributed by atoms with Crippen molar-refractivity contribution < 1.29 is 8.60 Å². The van der Waals surface area contributed by atoms with Gasteiger partial charge in [-0.2, -0.15) is 0 Å². The second-order valence-corrected chi connectivity index (χ2v) is 3.99. The van der Waals surface area contributed by atoms with E-state index in [1.54, 1.807) is 30.3 Å². The predicted molar refractivity (Wildman–Crippen MR) is 43.6 cm³/mol. The van der Waals surface area contributed by atoms with Gasteiger partial charge in [0.1, 0.15) is 10.8 Å². The maximum Gasteiger partial charge on any atom is 0.252 e. The van der Waals surface area contributed by atoms with Crippen LogP contribution in [0.25, 0.3) is 0 Å². The van der Waals surface area contributed by atoms with E-state index in [4.69, 9.17) is 11.6 Å². The van der Waals surface area contributed by atoms with Crippen molar-refractivity contribution in [1.29, 1.82) is 0 Å². The molecule has 1 rings (SSSR count). The highest BCUT2D eigenvalue weighted by Gasteiger charge is 2.12. The Morgan fingerprint density at radius 3 is 2.36 bits per heavy atom. The molecule has 0 aliphatic carbocycles. The van der Waals surface area contributed by atoms with E-state index in [2.05, 4.69) is 0 Å². The summed E-state index contributed by atoms with van der Waals surface area (Å²) in [5, 5.41) is 0. The molecule has 1 aromatic rings. The molecule has 2 atom stereocenters. The quantitative estimate of drug-likeness (QED) is 0.658. The minimum atomic E-state index is -1.82. The van der Waals surface area contributed by atoms with Crippen molar-refractivity contribution in [2.75, 3.05) is 0 Å². The Morgan fingerprint density at radius 1 is 1.36 bits per heavy atom. The molecule has 0 spiro atoms. The van der Waals surface area contributed by atoms with Crippen molar-refractivity contribution >= 4 is 22.4 Å². The molecule has 0 aromatic heterocycles. The molecule has 4 heteroatoms. The minimum absolute atomic E-state index is 0.412. The first-order valence-corrected chi connectivity index (χ1v) is 4.60. The molecule has 11 heavy (non-hydrogen) atoms. The zero-order valence-electron chi connectivity index (χ0n) is 5.54. The van der Waals surface area contributed by atoms with E-state index in [1.165, 1.54) is 0 Å². The van der Waals surface area contributed by atoms with E-state index in [0.717, 1.165) is 0 Å². The molecule has 1 aromatic carbocycles. The van der Waals surface area contributed by atoms with Crippen LogP contribution >= 0.6 is 11.6 Å². The number of hydrogen-bond donors (Lipinski definition) is 0. The summed E-state index contributed by atoms with van der Waals surface area (Å²) < 4.78 is 23.2. The van der Waals surface area contributed by atoms with E-state index in [9.17, 15) is 8.60 Å². The third-order valence-corrected chi connectivity index (χ3v) is 2.68. The Morgan fingerprint density at radius 2 is 1.91 bits per heavy atom. The summed E-state index contributed by atoms with van der Waals surface area (Å²) in [5.41, 5.74) is 0. The fourth-order valence-electron chi connectivity index (χ4n) is 0.657. The van der Waals surface area contributed by atoms with Crippen LogP contribution in [-0.2, 0) is 10.8 Å². The molecule has 0 fully saturated rings. The molecule has 0 aliphatic rings. The van der Waals surface area contributed by atoms with E-state index in [0.29, 0.717) is 4.90 Å². The lowest BCUT2D eigenvalue weighted by Gasteiger charge is -1.98. The summed E-state index contributed by atoms with van der Waals surface area (Å²) in [7, 11) is -1.74. The summed E-state index contributed by atoms with van der Waals surface area (Å²) >= 11 is 5.00. The molecule has 0 saturated heterocycles. The Bertz CT molecular complexity index is 250. The van der Waals surface area contributed by atoms with Gasteiger partial charge in [0.05, 0.1) is 0 Å². The van der Waals surface area contributed by atoms with Crippen molar-refractivity contribution in [3.63, 3.8) is 0 Å². The van der Waals surface area contributed by atoms with Gasteiger partial charge in [-0.15, -0.1) is 0 Å². The van der Waals surface area contributed by atoms with Crippen LogP contribution in [0.3, 0.4) is 0 Å². The van der Waals surface area contributed by atoms with Gasteiger partial charge in [0.2, 0.25) is 0 Å². The normalized spacial score (nSPS) is 15.8. The number of rotatable bonds is 2. The molecular formula is C7H6ClFOS. The van der Waals surface area contributed by atoms with E-state index in [1.807, 2.05) is 0 Å². The van der Waals surface area contributed by atoms with Gasteiger partial charge < -0.3 is 0 Å². The van der Waals surface area contributed by atoms with Gasteiger partial charge in [-0.1, -0.05) is 29.8 Å². The fraction of sp³-hybridized carbons (Fsp3) is 0.143. The van der Waals surface area contributed by atoms with Crippen molar-refractivity contribution in [2.45, 2.75) is 9.86 Å². The minimum Gasteiger partial charge on any atom is -0.250 e. The first kappa shape index (κ1) is 8.68. The summed E-state index contributed by atoms with van der Waals surface area (Å²) in [4.78, 5) is -1.41. The van der Waals surface area contributed by atoms with Crippen LogP contribution in [0.1, 0.15) is 0 Å². The van der Waals surface area contributed by atoms with Crippen LogP contribution in [-0.4, -0.2) is 9.17 Å². The molecule has 0 aliphatic heterocycles. The third-order valence-electron chi connectivity index (χ3n) is 1.14. The Hall–Kier alpha value is -0.410. The lowest BCUT2D eigenvalue weighted by molar-refractivity contribution is 0.540. The number of halogens is 2. The molecular weight excluding hydrogens is 187 g/mol. The maximum atomic E-state index is 12.2. The Labute approximate surface area is 71.6 Å². The molecule has 60 valence electrons. The summed E-state index contributed by atoms with van der Waals surface area (Å²) in [6, 6.07) is 8.29. The average molecular weight is 193 g/mol. The van der Waals surface area contributed by atoms with Gasteiger partial charge in [-0.25, -0.2) is 8.60 Å². The van der Waals surface area contributed by atoms with Gasteiger partial charge in [0.15, 0.2) is 0 Å². The largest absolute Gasteiger partial charge is 0.252 e. The highest BCUT2D eigenvalue weighted by molar-refractivity contribution is 7.86. The molecule has 0 bridgehead atoms. The molecule has 0 amide bonds. The Kier molecular flexibility index (Phi) is 3.02. The second-order valence-electron chi connectivity index (χ2n) is 1.87. The van der Waals surface area contributed by atoms with E-state index in [-0.39, 0.29) is 0 Å². The molecule has 2 unspecified atom stereocenters. The first-order valence-electron chi connectivity index (χ1n) is 2.95. The second kappa shape index (κ2) is 3.83. The molecule has 0 heterocycles. The Balaban J connectivity index is 2.86. The van der Waals surface area contributed by atoms with Crippen molar-refractivity contribution in [3.05, 3.63) is 30.3 Å². The van der Waals surface area contributed by atoms with Crippen molar-refractivity contribution in [2.24, 2.45) is 0 Å². The molecule has 1 nitrogen and oxygen atoms in total. The number of benzene rings is 1. The van der Waals surface area contributed by atoms with E-state index < -0.39 is 15.8 Å².